The van der Waals surface area contributed by atoms with Crippen molar-refractivity contribution in [3.05, 3.63) is 46.9 Å². The number of carbonyl (C=O) groups excluding carboxylic acids is 3. The number of likely N-dealkylation sites (tertiary alicyclic amines) is 1. The Morgan fingerprint density at radius 1 is 1.22 bits per heavy atom. The van der Waals surface area contributed by atoms with Crippen molar-refractivity contribution in [2.24, 2.45) is 0 Å². The fraction of sp³-hybridized carbons (Fsp3) is 0.500. The average Bonchev–Trinajstić information content (AvgIpc) is 2.85. The first kappa shape index (κ1) is 28.2. The van der Waals surface area contributed by atoms with Gasteiger partial charge in [-0.05, 0) is 52.2 Å². The van der Waals surface area contributed by atoms with Gasteiger partial charge in [0, 0.05) is 44.0 Å². The van der Waals surface area contributed by atoms with Gasteiger partial charge in [0.15, 0.2) is 6.10 Å². The molecule has 2 N–H and O–H groups in total. The second kappa shape index (κ2) is 12.2. The van der Waals surface area contributed by atoms with Crippen LogP contribution < -0.4 is 15.4 Å². The normalized spacial score (nSPS) is 16.5. The Bertz CT molecular complexity index is 1120. The van der Waals surface area contributed by atoms with Crippen LogP contribution in [0.3, 0.4) is 0 Å². The summed E-state index contributed by atoms with van der Waals surface area (Å²) < 4.78 is 11.1. The maximum absolute atomic E-state index is 12.6. The number of hydrogen-bond donors (Lipinski definition) is 2. The van der Waals surface area contributed by atoms with Crippen LogP contribution in [0.2, 0.25) is 5.02 Å². The van der Waals surface area contributed by atoms with E-state index in [1.165, 1.54) is 19.3 Å². The van der Waals surface area contributed by atoms with E-state index < -0.39 is 11.7 Å². The van der Waals surface area contributed by atoms with Crippen molar-refractivity contribution in [2.45, 2.75) is 64.6 Å². The summed E-state index contributed by atoms with van der Waals surface area (Å²) in [6.07, 6.45) is 3.85. The predicted octanol–water partition coefficient (Wildman–Crippen LogP) is 3.94. The van der Waals surface area contributed by atoms with Crippen LogP contribution in [0.25, 0.3) is 0 Å². The maximum atomic E-state index is 12.6. The number of carbonyl (C=O) groups is 3. The van der Waals surface area contributed by atoms with Crippen LogP contribution in [0.5, 0.6) is 5.75 Å². The summed E-state index contributed by atoms with van der Waals surface area (Å²) in [6.45, 7) is 8.37. The standard InChI is InChI=1S/C26H34ClN5O5/c1-16(24(34)28-5)36-21-12-22(30-14-19(21)27)31-23(33)11-17-8-9-20(29-13-17)18-7-6-10-32(15-18)25(35)37-26(2,3)4/h8-9,12-14,16,18H,6-7,10-11,15H2,1-5H3,(H,28,34)(H,30,31,33). The second-order valence-electron chi connectivity index (χ2n) is 9.96. The summed E-state index contributed by atoms with van der Waals surface area (Å²) in [5.41, 5.74) is 1.08. The molecule has 1 fully saturated rings. The number of hydrogen-bond acceptors (Lipinski definition) is 7. The van der Waals surface area contributed by atoms with Gasteiger partial charge in [-0.25, -0.2) is 9.78 Å². The summed E-state index contributed by atoms with van der Waals surface area (Å²) in [4.78, 5) is 47.2. The number of pyridine rings is 2. The fourth-order valence-corrected chi connectivity index (χ4v) is 4.04. The first-order valence-electron chi connectivity index (χ1n) is 12.2. The third-order valence-corrected chi connectivity index (χ3v) is 5.99. The molecule has 0 spiro atoms. The summed E-state index contributed by atoms with van der Waals surface area (Å²) in [7, 11) is 1.51. The number of nitrogens with zero attached hydrogens (tertiary/aromatic N) is 3. The van der Waals surface area contributed by atoms with Crippen LogP contribution in [0.4, 0.5) is 10.6 Å². The number of piperidine rings is 1. The second-order valence-corrected chi connectivity index (χ2v) is 10.4. The molecule has 2 atom stereocenters. The highest BCUT2D eigenvalue weighted by Crippen LogP contribution is 2.28. The van der Waals surface area contributed by atoms with Gasteiger partial charge < -0.3 is 25.0 Å². The lowest BCUT2D eigenvalue weighted by molar-refractivity contribution is -0.126. The molecule has 2 aromatic heterocycles. The smallest absolute Gasteiger partial charge is 0.410 e. The molecule has 3 heterocycles. The van der Waals surface area contributed by atoms with E-state index >= 15 is 0 Å². The van der Waals surface area contributed by atoms with Crippen LogP contribution in [-0.4, -0.2) is 64.6 Å². The van der Waals surface area contributed by atoms with Crippen molar-refractivity contribution in [1.29, 1.82) is 0 Å². The third-order valence-electron chi connectivity index (χ3n) is 5.71. The van der Waals surface area contributed by atoms with Gasteiger partial charge in [0.25, 0.3) is 5.91 Å². The summed E-state index contributed by atoms with van der Waals surface area (Å²) in [5.74, 6) is 0.00570. The highest BCUT2D eigenvalue weighted by atomic mass is 35.5. The van der Waals surface area contributed by atoms with E-state index in [-0.39, 0.29) is 46.8 Å². The van der Waals surface area contributed by atoms with Gasteiger partial charge in [-0.3, -0.25) is 14.6 Å². The third kappa shape index (κ3) is 8.31. The van der Waals surface area contributed by atoms with E-state index in [1.807, 2.05) is 32.9 Å². The van der Waals surface area contributed by atoms with Gasteiger partial charge in [0.2, 0.25) is 5.91 Å². The van der Waals surface area contributed by atoms with Crippen LogP contribution in [0.15, 0.2) is 30.6 Å². The largest absolute Gasteiger partial charge is 0.479 e. The number of likely N-dealkylation sites (N-methyl/N-ethyl adjacent to an activating group) is 1. The number of aromatic nitrogens is 2. The Balaban J connectivity index is 1.57. The molecule has 3 amide bonds. The highest BCUT2D eigenvalue weighted by molar-refractivity contribution is 6.32. The number of ether oxygens (including phenoxy) is 2. The Morgan fingerprint density at radius 3 is 2.62 bits per heavy atom. The van der Waals surface area contributed by atoms with E-state index in [1.54, 1.807) is 18.0 Å². The molecule has 1 saturated heterocycles. The molecule has 2 aromatic rings. The minimum absolute atomic E-state index is 0.0944. The van der Waals surface area contributed by atoms with Gasteiger partial charge in [0.1, 0.15) is 22.2 Å². The topological polar surface area (TPSA) is 123 Å². The van der Waals surface area contributed by atoms with Crippen molar-refractivity contribution < 1.29 is 23.9 Å². The number of anilines is 1. The lowest BCUT2D eigenvalue weighted by Gasteiger charge is -2.34. The van der Waals surface area contributed by atoms with Crippen LogP contribution in [0.1, 0.15) is 57.7 Å². The van der Waals surface area contributed by atoms with Crippen LogP contribution in [0, 0.1) is 0 Å². The van der Waals surface area contributed by atoms with Gasteiger partial charge in [-0.2, -0.15) is 0 Å². The minimum atomic E-state index is -0.765. The Morgan fingerprint density at radius 2 is 1.97 bits per heavy atom. The zero-order valence-electron chi connectivity index (χ0n) is 21.8. The van der Waals surface area contributed by atoms with Crippen molar-refractivity contribution in [1.82, 2.24) is 20.2 Å². The fourth-order valence-electron chi connectivity index (χ4n) is 3.89. The molecule has 200 valence electrons. The first-order chi connectivity index (χ1) is 17.4. The van der Waals surface area contributed by atoms with Crippen molar-refractivity contribution in [2.75, 3.05) is 25.5 Å². The lowest BCUT2D eigenvalue weighted by atomic mass is 9.94. The number of halogens is 1. The van der Waals surface area contributed by atoms with E-state index in [4.69, 9.17) is 21.1 Å². The molecule has 1 aliphatic heterocycles. The Hall–Kier alpha value is -3.40. The molecule has 0 aromatic carbocycles. The quantitative estimate of drug-likeness (QED) is 0.554. The summed E-state index contributed by atoms with van der Waals surface area (Å²) in [5, 5.41) is 5.43. The molecule has 0 bridgehead atoms. The zero-order chi connectivity index (χ0) is 27.2. The van der Waals surface area contributed by atoms with E-state index in [0.29, 0.717) is 13.1 Å². The predicted molar refractivity (Wildman–Crippen MR) is 140 cm³/mol. The van der Waals surface area contributed by atoms with Crippen molar-refractivity contribution >= 4 is 35.3 Å². The molecule has 0 radical (unpaired) electrons. The first-order valence-corrected chi connectivity index (χ1v) is 12.6. The van der Waals surface area contributed by atoms with Crippen molar-refractivity contribution in [3.8, 4) is 5.75 Å². The maximum Gasteiger partial charge on any atom is 0.410 e. The van der Waals surface area contributed by atoms with E-state index in [2.05, 4.69) is 20.6 Å². The molecule has 0 aliphatic carbocycles. The Kier molecular flexibility index (Phi) is 9.31. The highest BCUT2D eigenvalue weighted by Gasteiger charge is 2.29. The van der Waals surface area contributed by atoms with Gasteiger partial charge in [-0.1, -0.05) is 17.7 Å². The zero-order valence-corrected chi connectivity index (χ0v) is 22.6. The minimum Gasteiger partial charge on any atom is -0.479 e. The van der Waals surface area contributed by atoms with E-state index in [9.17, 15) is 14.4 Å². The molecule has 11 heteroatoms. The number of rotatable bonds is 7. The SMILES string of the molecule is CNC(=O)C(C)Oc1cc(NC(=O)Cc2ccc(C3CCCN(C(=O)OC(C)(C)C)C3)nc2)ncc1Cl. The molecular weight excluding hydrogens is 498 g/mol. The number of amides is 3. The summed E-state index contributed by atoms with van der Waals surface area (Å²) >= 11 is 6.12. The van der Waals surface area contributed by atoms with Crippen LogP contribution >= 0.6 is 11.6 Å². The van der Waals surface area contributed by atoms with Crippen molar-refractivity contribution in [3.63, 3.8) is 0 Å². The monoisotopic (exact) mass is 531 g/mol. The molecule has 3 rings (SSSR count). The van der Waals surface area contributed by atoms with Gasteiger partial charge in [0.05, 0.1) is 12.6 Å². The molecule has 10 nitrogen and oxygen atoms in total. The summed E-state index contributed by atoms with van der Waals surface area (Å²) in [6, 6.07) is 5.24. The van der Waals surface area contributed by atoms with Crippen LogP contribution in [-0.2, 0) is 20.7 Å². The lowest BCUT2D eigenvalue weighted by Crippen LogP contribution is -2.42. The van der Waals surface area contributed by atoms with Gasteiger partial charge >= 0.3 is 6.09 Å². The molecular formula is C26H34ClN5O5. The average molecular weight is 532 g/mol. The molecule has 37 heavy (non-hydrogen) atoms. The van der Waals surface area contributed by atoms with Gasteiger partial charge in [-0.15, -0.1) is 0 Å². The molecule has 1 aliphatic rings. The Labute approximate surface area is 222 Å². The van der Waals surface area contributed by atoms with E-state index in [0.717, 1.165) is 24.1 Å². The molecule has 0 saturated carbocycles. The molecule has 2 unspecified atom stereocenters. The number of nitrogens with one attached hydrogen (secondary N) is 2.